The van der Waals surface area contributed by atoms with Crippen molar-refractivity contribution in [2.24, 2.45) is 5.10 Å². The molecule has 0 heterocycles. The molecule has 1 atom stereocenters. The summed E-state index contributed by atoms with van der Waals surface area (Å²) in [5.41, 5.74) is 4.43. The topological polar surface area (TPSA) is 109 Å². The zero-order chi connectivity index (χ0) is 23.5. The Morgan fingerprint density at radius 2 is 1.81 bits per heavy atom. The number of ether oxygens (including phenoxy) is 1. The van der Waals surface area contributed by atoms with Crippen LogP contribution in [0, 0.1) is 0 Å². The molecule has 0 spiro atoms. The van der Waals surface area contributed by atoms with E-state index in [9.17, 15) is 14.4 Å². The predicted octanol–water partition coefficient (Wildman–Crippen LogP) is 3.28. The van der Waals surface area contributed by atoms with Crippen LogP contribution in [0.15, 0.2) is 47.6 Å². The quantitative estimate of drug-likeness (QED) is 0.304. The van der Waals surface area contributed by atoms with Crippen molar-refractivity contribution in [1.82, 2.24) is 10.7 Å². The first-order valence-electron chi connectivity index (χ1n) is 10.3. The second-order valence-corrected chi connectivity index (χ2v) is 7.49. The number of halogens is 1. The highest BCUT2D eigenvalue weighted by Crippen LogP contribution is 2.21. The zero-order valence-corrected chi connectivity index (χ0v) is 19.0. The van der Waals surface area contributed by atoms with Crippen molar-refractivity contribution in [3.05, 3.63) is 58.6 Å². The maximum atomic E-state index is 12.2. The Morgan fingerprint density at radius 3 is 2.47 bits per heavy atom. The smallest absolute Gasteiger partial charge is 0.329 e. The summed E-state index contributed by atoms with van der Waals surface area (Å²) >= 11 is 6.03. The maximum absolute atomic E-state index is 12.2. The first kappa shape index (κ1) is 24.9. The molecule has 3 amide bonds. The third-order valence-electron chi connectivity index (χ3n) is 4.54. The van der Waals surface area contributed by atoms with Crippen molar-refractivity contribution in [3.8, 4) is 5.75 Å². The molecule has 32 heavy (non-hydrogen) atoms. The van der Waals surface area contributed by atoms with Gasteiger partial charge in [0, 0.05) is 22.3 Å². The Balaban J connectivity index is 1.95. The Hall–Kier alpha value is -3.39. The first-order valence-corrected chi connectivity index (χ1v) is 10.6. The van der Waals surface area contributed by atoms with Crippen molar-refractivity contribution in [3.63, 3.8) is 0 Å². The maximum Gasteiger partial charge on any atom is 0.329 e. The second-order valence-electron chi connectivity index (χ2n) is 7.05. The Bertz CT molecular complexity index is 976. The fourth-order valence-corrected chi connectivity index (χ4v) is 2.70. The van der Waals surface area contributed by atoms with Gasteiger partial charge in [0.1, 0.15) is 5.75 Å². The van der Waals surface area contributed by atoms with Crippen LogP contribution in [0.1, 0.15) is 38.3 Å². The average molecular weight is 459 g/mol. The second kappa shape index (κ2) is 12.5. The van der Waals surface area contributed by atoms with Crippen LogP contribution in [-0.2, 0) is 20.8 Å². The molecule has 0 fully saturated rings. The number of hydrogen-bond acceptors (Lipinski definition) is 5. The van der Waals surface area contributed by atoms with Crippen LogP contribution in [0.3, 0.4) is 0 Å². The summed E-state index contributed by atoms with van der Waals surface area (Å²) in [5.74, 6) is -1.66. The normalized spacial score (nSPS) is 11.6. The van der Waals surface area contributed by atoms with Gasteiger partial charge in [-0.05, 0) is 55.7 Å². The lowest BCUT2D eigenvalue weighted by Crippen LogP contribution is -2.41. The summed E-state index contributed by atoms with van der Waals surface area (Å²) in [5, 5.41) is 9.50. The molecule has 8 nitrogen and oxygen atoms in total. The molecule has 2 rings (SSSR count). The van der Waals surface area contributed by atoms with Gasteiger partial charge in [0.05, 0.1) is 6.21 Å². The summed E-state index contributed by atoms with van der Waals surface area (Å²) in [6.07, 6.45) is 2.90. The molecule has 2 aromatic rings. The van der Waals surface area contributed by atoms with E-state index in [1.54, 1.807) is 25.1 Å². The monoisotopic (exact) mass is 458 g/mol. The molecule has 0 radical (unpaired) electrons. The Labute approximate surface area is 192 Å². The van der Waals surface area contributed by atoms with E-state index in [1.165, 1.54) is 11.8 Å². The minimum atomic E-state index is -0.889. The highest BCUT2D eigenvalue weighted by molar-refractivity contribution is 6.35. The van der Waals surface area contributed by atoms with Crippen molar-refractivity contribution in [2.75, 3.05) is 11.9 Å². The number of rotatable bonds is 9. The van der Waals surface area contributed by atoms with Gasteiger partial charge in [0.25, 0.3) is 5.91 Å². The summed E-state index contributed by atoms with van der Waals surface area (Å²) in [4.78, 5) is 35.8. The van der Waals surface area contributed by atoms with Gasteiger partial charge in [-0.15, -0.1) is 0 Å². The number of benzene rings is 2. The molecule has 0 aliphatic heterocycles. The van der Waals surface area contributed by atoms with Crippen LogP contribution in [0.25, 0.3) is 0 Å². The van der Waals surface area contributed by atoms with E-state index in [0.717, 1.165) is 6.42 Å². The molecule has 0 aliphatic rings. The molecule has 0 bridgehead atoms. The lowest BCUT2D eigenvalue weighted by molar-refractivity contribution is -0.139. The fraction of sp³-hybridized carbons (Fsp3) is 0.304. The van der Waals surface area contributed by atoms with E-state index in [1.807, 2.05) is 31.2 Å². The van der Waals surface area contributed by atoms with Gasteiger partial charge in [-0.25, -0.2) is 5.43 Å². The molecule has 0 aromatic heterocycles. The van der Waals surface area contributed by atoms with Gasteiger partial charge < -0.3 is 15.4 Å². The van der Waals surface area contributed by atoms with Gasteiger partial charge in [-0.2, -0.15) is 5.10 Å². The molecule has 0 saturated heterocycles. The zero-order valence-electron chi connectivity index (χ0n) is 18.3. The van der Waals surface area contributed by atoms with Crippen molar-refractivity contribution < 1.29 is 19.1 Å². The summed E-state index contributed by atoms with van der Waals surface area (Å²) < 4.78 is 5.59. The van der Waals surface area contributed by atoms with Crippen molar-refractivity contribution >= 4 is 41.2 Å². The lowest BCUT2D eigenvalue weighted by atomic mass is 10.1. The summed E-state index contributed by atoms with van der Waals surface area (Å²) in [6, 6.07) is 12.2. The van der Waals surface area contributed by atoms with E-state index in [2.05, 4.69) is 28.1 Å². The largest absolute Gasteiger partial charge is 0.483 e. The predicted molar refractivity (Wildman–Crippen MR) is 125 cm³/mol. The number of anilines is 1. The van der Waals surface area contributed by atoms with Crippen LogP contribution in [0.2, 0.25) is 5.02 Å². The number of hydrazone groups is 1. The molecule has 9 heteroatoms. The standard InChI is InChI=1S/C23H27ClN4O4/c1-4-15(3)26-22(30)23(31)28-25-13-17-12-18(24)8-11-20(17)32-14-21(29)27-19-9-6-16(5-2)7-10-19/h6-13,15H,4-5,14H2,1-3H3,(H,26,30)(H,27,29)(H,28,31)/b25-13-/t15-/m0/s1. The van der Waals surface area contributed by atoms with Crippen LogP contribution in [0.4, 0.5) is 5.69 Å². The van der Waals surface area contributed by atoms with E-state index >= 15 is 0 Å². The van der Waals surface area contributed by atoms with Gasteiger partial charge >= 0.3 is 11.8 Å². The average Bonchev–Trinajstić information content (AvgIpc) is 2.78. The molecule has 3 N–H and O–H groups in total. The molecular weight excluding hydrogens is 432 g/mol. The summed E-state index contributed by atoms with van der Waals surface area (Å²) in [7, 11) is 0. The van der Waals surface area contributed by atoms with Crippen molar-refractivity contribution in [2.45, 2.75) is 39.7 Å². The molecule has 0 saturated carbocycles. The molecular formula is C23H27ClN4O4. The third-order valence-corrected chi connectivity index (χ3v) is 4.78. The number of nitrogens with one attached hydrogen (secondary N) is 3. The Kier molecular flexibility index (Phi) is 9.69. The van der Waals surface area contributed by atoms with E-state index < -0.39 is 11.8 Å². The van der Waals surface area contributed by atoms with Crippen LogP contribution < -0.4 is 20.8 Å². The molecule has 0 unspecified atom stereocenters. The van der Waals surface area contributed by atoms with Crippen LogP contribution in [0.5, 0.6) is 5.75 Å². The molecule has 0 aliphatic carbocycles. The van der Waals surface area contributed by atoms with E-state index in [4.69, 9.17) is 16.3 Å². The van der Waals surface area contributed by atoms with Gasteiger partial charge in [-0.3, -0.25) is 14.4 Å². The highest BCUT2D eigenvalue weighted by atomic mass is 35.5. The highest BCUT2D eigenvalue weighted by Gasteiger charge is 2.14. The Morgan fingerprint density at radius 1 is 1.09 bits per heavy atom. The minimum Gasteiger partial charge on any atom is -0.483 e. The first-order chi connectivity index (χ1) is 15.3. The van der Waals surface area contributed by atoms with E-state index in [-0.39, 0.29) is 18.6 Å². The van der Waals surface area contributed by atoms with E-state index in [0.29, 0.717) is 28.4 Å². The minimum absolute atomic E-state index is 0.124. The van der Waals surface area contributed by atoms with Gasteiger partial charge in [-0.1, -0.05) is 37.6 Å². The number of nitrogens with zero attached hydrogens (tertiary/aromatic N) is 1. The molecule has 170 valence electrons. The third kappa shape index (κ3) is 8.03. The number of carbonyl (C=O) groups excluding carboxylic acids is 3. The number of hydrogen-bond donors (Lipinski definition) is 3. The fourth-order valence-electron chi connectivity index (χ4n) is 2.52. The number of amides is 3. The SMILES string of the molecule is CCc1ccc(NC(=O)COc2ccc(Cl)cc2/C=N\NC(=O)C(=O)N[C@@H](C)CC)cc1. The lowest BCUT2D eigenvalue weighted by Gasteiger charge is -2.11. The molecule has 2 aromatic carbocycles. The van der Waals surface area contributed by atoms with Crippen molar-refractivity contribution in [1.29, 1.82) is 0 Å². The summed E-state index contributed by atoms with van der Waals surface area (Å²) in [6.45, 7) is 5.51. The number of aryl methyl sites for hydroxylation is 1. The number of carbonyl (C=O) groups is 3. The van der Waals surface area contributed by atoms with Crippen LogP contribution >= 0.6 is 11.6 Å². The van der Waals surface area contributed by atoms with Crippen LogP contribution in [-0.4, -0.2) is 36.6 Å². The van der Waals surface area contributed by atoms with Gasteiger partial charge in [0.15, 0.2) is 6.61 Å². The van der Waals surface area contributed by atoms with Gasteiger partial charge in [0.2, 0.25) is 0 Å².